The molecule has 1 N–H and O–H groups in total. The highest BCUT2D eigenvalue weighted by molar-refractivity contribution is 5.81. The summed E-state index contributed by atoms with van der Waals surface area (Å²) < 4.78 is 0. The third kappa shape index (κ3) is 1.42. The molecule has 51 valence electrons. The van der Waals surface area contributed by atoms with Gasteiger partial charge in [0.1, 0.15) is 0 Å². The summed E-state index contributed by atoms with van der Waals surface area (Å²) in [6, 6.07) is 0.0231. The number of rotatable bonds is 1. The first-order chi connectivity index (χ1) is 4.34. The van der Waals surface area contributed by atoms with Gasteiger partial charge in [0, 0.05) is 7.05 Å². The largest absolute Gasteiger partial charge is 0.306 e. The molecule has 1 aliphatic heterocycles. The van der Waals surface area contributed by atoms with Crippen LogP contribution in [0.4, 0.5) is 0 Å². The van der Waals surface area contributed by atoms with Crippen LogP contribution in [0.15, 0.2) is 0 Å². The summed E-state index contributed by atoms with van der Waals surface area (Å²) in [5, 5.41) is 6.63. The van der Waals surface area contributed by atoms with E-state index in [0.717, 1.165) is 19.4 Å². The number of hydrogen-bond acceptors (Lipinski definition) is 2. The van der Waals surface area contributed by atoms with E-state index in [1.54, 1.807) is 7.05 Å². The fourth-order valence-corrected chi connectivity index (χ4v) is 1.05. The topological polar surface area (TPSA) is 43.2 Å². The summed E-state index contributed by atoms with van der Waals surface area (Å²) >= 11 is 0. The van der Waals surface area contributed by atoms with Crippen LogP contribution in [0.1, 0.15) is 12.8 Å². The van der Waals surface area contributed by atoms with Crippen LogP contribution in [-0.2, 0) is 4.79 Å². The van der Waals surface area contributed by atoms with Crippen molar-refractivity contribution in [2.45, 2.75) is 18.9 Å². The fourth-order valence-electron chi connectivity index (χ4n) is 1.05. The summed E-state index contributed by atoms with van der Waals surface area (Å²) in [4.78, 5) is 10.8. The van der Waals surface area contributed by atoms with Crippen molar-refractivity contribution in [3.05, 3.63) is 0 Å². The van der Waals surface area contributed by atoms with Crippen molar-refractivity contribution >= 4 is 5.91 Å². The van der Waals surface area contributed by atoms with Crippen molar-refractivity contribution in [2.75, 3.05) is 13.6 Å². The molecule has 0 bridgehead atoms. The lowest BCUT2D eigenvalue weighted by atomic mass is 10.2. The summed E-state index contributed by atoms with van der Waals surface area (Å²) in [6.45, 7) is 0.964. The molecule has 0 aliphatic carbocycles. The predicted octanol–water partition coefficient (Wildman–Crippen LogP) is -0.501. The second kappa shape index (κ2) is 2.82. The van der Waals surface area contributed by atoms with Gasteiger partial charge in [0.15, 0.2) is 0 Å². The molecule has 1 rings (SSSR count). The van der Waals surface area contributed by atoms with E-state index in [4.69, 9.17) is 0 Å². The van der Waals surface area contributed by atoms with Crippen LogP contribution in [0.2, 0.25) is 0 Å². The van der Waals surface area contributed by atoms with E-state index in [2.05, 4.69) is 10.6 Å². The fraction of sp³-hybridized carbons (Fsp3) is 0.833. The number of amides is 1. The first-order valence-corrected chi connectivity index (χ1v) is 3.21. The highest BCUT2D eigenvalue weighted by Crippen LogP contribution is 2.03. The summed E-state index contributed by atoms with van der Waals surface area (Å²) in [6.07, 6.45) is 2.06. The van der Waals surface area contributed by atoms with Crippen molar-refractivity contribution in [1.29, 1.82) is 0 Å². The van der Waals surface area contributed by atoms with Crippen molar-refractivity contribution in [1.82, 2.24) is 10.6 Å². The molecule has 1 saturated heterocycles. The van der Waals surface area contributed by atoms with Gasteiger partial charge in [0.2, 0.25) is 0 Å². The Bertz CT molecular complexity index is 108. The molecule has 1 atom stereocenters. The standard InChI is InChI=1S/C6H11N2O/c1-7-6(9)5-3-2-4-8-5/h5,8H,2-4H2,1H3. The lowest BCUT2D eigenvalue weighted by Crippen LogP contribution is -2.35. The average molecular weight is 127 g/mol. The van der Waals surface area contributed by atoms with E-state index >= 15 is 0 Å². The number of carbonyl (C=O) groups excluding carboxylic acids is 1. The Hall–Kier alpha value is -0.570. The normalized spacial score (nSPS) is 26.1. The second-order valence-corrected chi connectivity index (χ2v) is 2.21. The minimum Gasteiger partial charge on any atom is -0.306 e. The van der Waals surface area contributed by atoms with Crippen LogP contribution >= 0.6 is 0 Å². The number of nitrogens with zero attached hydrogens (tertiary/aromatic N) is 1. The molecule has 1 fully saturated rings. The molecular formula is C6H11N2O. The molecule has 3 nitrogen and oxygen atoms in total. The third-order valence-corrected chi connectivity index (χ3v) is 1.58. The van der Waals surface area contributed by atoms with E-state index in [9.17, 15) is 4.79 Å². The number of hydrogen-bond donors (Lipinski definition) is 1. The zero-order valence-corrected chi connectivity index (χ0v) is 5.55. The van der Waals surface area contributed by atoms with Crippen LogP contribution in [0.3, 0.4) is 0 Å². The molecule has 0 aromatic carbocycles. The van der Waals surface area contributed by atoms with Crippen LogP contribution in [0.25, 0.3) is 0 Å². The lowest BCUT2D eigenvalue weighted by Gasteiger charge is -2.03. The van der Waals surface area contributed by atoms with E-state index in [-0.39, 0.29) is 11.9 Å². The highest BCUT2D eigenvalue weighted by Gasteiger charge is 2.20. The van der Waals surface area contributed by atoms with Gasteiger partial charge in [-0.05, 0) is 19.4 Å². The summed E-state index contributed by atoms with van der Waals surface area (Å²) in [5.74, 6) is -0.00694. The van der Waals surface area contributed by atoms with Crippen LogP contribution in [0.5, 0.6) is 0 Å². The molecule has 1 aliphatic rings. The predicted molar refractivity (Wildman–Crippen MR) is 34.1 cm³/mol. The van der Waals surface area contributed by atoms with Gasteiger partial charge in [0.05, 0.1) is 6.04 Å². The number of carbonyl (C=O) groups is 1. The van der Waals surface area contributed by atoms with Gasteiger partial charge in [-0.15, -0.1) is 0 Å². The number of likely N-dealkylation sites (N-methyl/N-ethyl adjacent to an activating group) is 1. The quantitative estimate of drug-likeness (QED) is 0.516. The minimum absolute atomic E-state index is 0.00694. The maximum atomic E-state index is 10.8. The van der Waals surface area contributed by atoms with Crippen molar-refractivity contribution < 1.29 is 4.79 Å². The maximum absolute atomic E-state index is 10.8. The average Bonchev–Trinajstić information content (AvgIpc) is 2.37. The molecule has 1 amide bonds. The van der Waals surface area contributed by atoms with Gasteiger partial charge in [-0.2, -0.15) is 0 Å². The Kier molecular flexibility index (Phi) is 2.05. The van der Waals surface area contributed by atoms with Gasteiger partial charge in [-0.3, -0.25) is 10.1 Å². The minimum atomic E-state index is -0.00694. The van der Waals surface area contributed by atoms with Crippen LogP contribution in [0, 0.1) is 0 Å². The van der Waals surface area contributed by atoms with E-state index in [1.807, 2.05) is 0 Å². The SMILES string of the molecule is C[N]C(=O)C1CCCN1. The smallest absolute Gasteiger partial charge is 0.258 e. The third-order valence-electron chi connectivity index (χ3n) is 1.58. The van der Waals surface area contributed by atoms with E-state index in [0.29, 0.717) is 0 Å². The van der Waals surface area contributed by atoms with Gasteiger partial charge in [-0.1, -0.05) is 0 Å². The molecule has 0 aromatic rings. The molecule has 9 heavy (non-hydrogen) atoms. The first kappa shape index (κ1) is 6.55. The van der Waals surface area contributed by atoms with Crippen LogP contribution in [-0.4, -0.2) is 25.5 Å². The Balaban J connectivity index is 2.32. The molecule has 1 unspecified atom stereocenters. The van der Waals surface area contributed by atoms with Crippen molar-refractivity contribution in [3.63, 3.8) is 0 Å². The van der Waals surface area contributed by atoms with E-state index in [1.165, 1.54) is 0 Å². The first-order valence-electron chi connectivity index (χ1n) is 3.21. The highest BCUT2D eigenvalue weighted by atomic mass is 16.2. The Morgan fingerprint density at radius 2 is 2.56 bits per heavy atom. The lowest BCUT2D eigenvalue weighted by molar-refractivity contribution is -0.122. The van der Waals surface area contributed by atoms with E-state index < -0.39 is 0 Å². The molecule has 0 saturated carbocycles. The van der Waals surface area contributed by atoms with Gasteiger partial charge >= 0.3 is 0 Å². The van der Waals surface area contributed by atoms with Gasteiger partial charge in [0.25, 0.3) is 5.91 Å². The Labute approximate surface area is 54.8 Å². The maximum Gasteiger partial charge on any atom is 0.258 e. The number of nitrogens with one attached hydrogen (secondary N) is 1. The van der Waals surface area contributed by atoms with Gasteiger partial charge in [-0.25, -0.2) is 0 Å². The molecule has 0 spiro atoms. The van der Waals surface area contributed by atoms with Crippen molar-refractivity contribution in [3.8, 4) is 0 Å². The second-order valence-electron chi connectivity index (χ2n) is 2.21. The monoisotopic (exact) mass is 127 g/mol. The zero-order chi connectivity index (χ0) is 6.69. The summed E-state index contributed by atoms with van der Waals surface area (Å²) in [5.41, 5.74) is 0. The Morgan fingerprint density at radius 1 is 1.78 bits per heavy atom. The molecular weight excluding hydrogens is 116 g/mol. The molecule has 1 heterocycles. The summed E-state index contributed by atoms with van der Waals surface area (Å²) in [7, 11) is 1.54. The van der Waals surface area contributed by atoms with Crippen molar-refractivity contribution in [2.24, 2.45) is 0 Å². The molecule has 3 heteroatoms. The van der Waals surface area contributed by atoms with Crippen LogP contribution < -0.4 is 10.6 Å². The molecule has 1 radical (unpaired) electrons. The zero-order valence-electron chi connectivity index (χ0n) is 5.55. The Morgan fingerprint density at radius 3 is 3.00 bits per heavy atom. The molecule has 0 aromatic heterocycles. The van der Waals surface area contributed by atoms with Gasteiger partial charge < -0.3 is 5.32 Å².